The second-order valence-electron chi connectivity index (χ2n) is 6.35. The van der Waals surface area contributed by atoms with Gasteiger partial charge in [-0.3, -0.25) is 14.9 Å². The fourth-order valence-electron chi connectivity index (χ4n) is 2.66. The van der Waals surface area contributed by atoms with Crippen molar-refractivity contribution in [3.63, 3.8) is 0 Å². The van der Waals surface area contributed by atoms with Gasteiger partial charge >= 0.3 is 5.69 Å². The number of carbonyl (C=O) groups excluding carboxylic acids is 1. The minimum atomic E-state index is -0.960. The van der Waals surface area contributed by atoms with Crippen LogP contribution in [0.15, 0.2) is 47.6 Å². The summed E-state index contributed by atoms with van der Waals surface area (Å²) in [6.45, 7) is 3.66. The van der Waals surface area contributed by atoms with Gasteiger partial charge in [-0.1, -0.05) is 36.0 Å². The fraction of sp³-hybridized carbons (Fsp3) is 0.211. The van der Waals surface area contributed by atoms with Crippen molar-refractivity contribution in [1.82, 2.24) is 14.8 Å². The first-order valence-corrected chi connectivity index (χ1v) is 9.52. The molecule has 1 aromatic heterocycles. The number of nitro benzene ring substituents is 1. The normalized spacial score (nSPS) is 11.9. The van der Waals surface area contributed by atoms with Crippen LogP contribution in [0.25, 0.3) is 11.4 Å². The number of amides is 1. The molecule has 0 fully saturated rings. The number of halogens is 1. The Morgan fingerprint density at radius 3 is 2.69 bits per heavy atom. The van der Waals surface area contributed by atoms with Crippen molar-refractivity contribution in [2.24, 2.45) is 7.05 Å². The number of carbonyl (C=O) groups is 1. The molecule has 29 heavy (non-hydrogen) atoms. The number of rotatable bonds is 6. The fourth-order valence-corrected chi connectivity index (χ4v) is 3.48. The number of aryl methyl sites for hydroxylation is 1. The maximum absolute atomic E-state index is 13.4. The number of nitro groups is 1. The number of anilines is 1. The third kappa shape index (κ3) is 4.43. The van der Waals surface area contributed by atoms with E-state index in [0.29, 0.717) is 11.0 Å². The molecule has 0 unspecified atom stereocenters. The molecule has 150 valence electrons. The Morgan fingerprint density at radius 2 is 2.00 bits per heavy atom. The molecular weight excluding hydrogens is 397 g/mol. The molecule has 1 heterocycles. The van der Waals surface area contributed by atoms with Gasteiger partial charge in [-0.25, -0.2) is 0 Å². The van der Waals surface area contributed by atoms with Crippen molar-refractivity contribution in [3.8, 4) is 11.4 Å². The summed E-state index contributed by atoms with van der Waals surface area (Å²) in [7, 11) is 1.82. The number of benzene rings is 2. The minimum Gasteiger partial charge on any atom is -0.325 e. The maximum Gasteiger partial charge on any atom is 0.306 e. The van der Waals surface area contributed by atoms with Crippen LogP contribution in [0.3, 0.4) is 0 Å². The van der Waals surface area contributed by atoms with Crippen LogP contribution in [0.1, 0.15) is 12.5 Å². The summed E-state index contributed by atoms with van der Waals surface area (Å²) in [6.07, 6.45) is 0. The Kier molecular flexibility index (Phi) is 5.92. The summed E-state index contributed by atoms with van der Waals surface area (Å²) in [5.74, 6) is -0.665. The Bertz CT molecular complexity index is 1090. The number of aromatic nitrogens is 3. The number of nitrogens with one attached hydrogen (secondary N) is 1. The first kappa shape index (κ1) is 20.5. The molecule has 1 amide bonds. The van der Waals surface area contributed by atoms with Crippen LogP contribution < -0.4 is 5.32 Å². The van der Waals surface area contributed by atoms with Gasteiger partial charge in [-0.05, 0) is 31.5 Å². The lowest BCUT2D eigenvalue weighted by molar-refractivity contribution is -0.387. The van der Waals surface area contributed by atoms with Crippen LogP contribution in [0.5, 0.6) is 0 Å². The number of hydrogen-bond acceptors (Lipinski definition) is 6. The second-order valence-corrected chi connectivity index (χ2v) is 7.66. The first-order valence-electron chi connectivity index (χ1n) is 8.64. The second kappa shape index (κ2) is 8.39. The lowest BCUT2D eigenvalue weighted by Crippen LogP contribution is -2.23. The molecule has 8 nitrogen and oxygen atoms in total. The molecule has 0 radical (unpaired) electrons. The highest BCUT2D eigenvalue weighted by atomic mass is 32.2. The lowest BCUT2D eigenvalue weighted by atomic mass is 10.1. The largest absolute Gasteiger partial charge is 0.325 e. The summed E-state index contributed by atoms with van der Waals surface area (Å²) in [4.78, 5) is 22.5. The Labute approximate surface area is 170 Å². The van der Waals surface area contributed by atoms with E-state index < -0.39 is 27.6 Å². The zero-order valence-electron chi connectivity index (χ0n) is 15.9. The molecular formula is C19H18FN5O3S. The van der Waals surface area contributed by atoms with Crippen molar-refractivity contribution >= 4 is 29.0 Å². The van der Waals surface area contributed by atoms with E-state index in [-0.39, 0.29) is 5.69 Å². The first-order chi connectivity index (χ1) is 13.8. The summed E-state index contributed by atoms with van der Waals surface area (Å²) in [6, 6.07) is 11.0. The van der Waals surface area contributed by atoms with Crippen molar-refractivity contribution in [3.05, 3.63) is 64.0 Å². The highest BCUT2D eigenvalue weighted by molar-refractivity contribution is 8.00. The smallest absolute Gasteiger partial charge is 0.306 e. The summed E-state index contributed by atoms with van der Waals surface area (Å²) in [5.41, 5.74) is 1.46. The van der Waals surface area contributed by atoms with Gasteiger partial charge < -0.3 is 9.88 Å². The summed E-state index contributed by atoms with van der Waals surface area (Å²) >= 11 is 1.20. The topological polar surface area (TPSA) is 103 Å². The molecule has 2 aromatic carbocycles. The van der Waals surface area contributed by atoms with Gasteiger partial charge in [0.05, 0.1) is 10.2 Å². The molecule has 0 aliphatic rings. The van der Waals surface area contributed by atoms with E-state index in [2.05, 4.69) is 15.5 Å². The molecule has 0 spiro atoms. The van der Waals surface area contributed by atoms with Crippen molar-refractivity contribution in [2.45, 2.75) is 24.3 Å². The Morgan fingerprint density at radius 1 is 1.28 bits per heavy atom. The van der Waals surface area contributed by atoms with Gasteiger partial charge in [0.2, 0.25) is 11.7 Å². The highest BCUT2D eigenvalue weighted by Crippen LogP contribution is 2.28. The standard InChI is InChI=1S/C19H18FN5O3S/c1-11-6-4-5-7-14(11)17-22-23-19(24(17)3)29-12(2)18(26)21-13-8-9-15(20)16(10-13)25(27)28/h4-10,12H,1-3H3,(H,21,26)/t12-/m0/s1. The number of thioether (sulfide) groups is 1. The molecule has 1 N–H and O–H groups in total. The van der Waals surface area contributed by atoms with Crippen LogP contribution >= 0.6 is 11.8 Å². The van der Waals surface area contributed by atoms with E-state index in [0.717, 1.165) is 23.3 Å². The van der Waals surface area contributed by atoms with Crippen molar-refractivity contribution < 1.29 is 14.1 Å². The maximum atomic E-state index is 13.4. The zero-order chi connectivity index (χ0) is 21.1. The SMILES string of the molecule is Cc1ccccc1-c1nnc(S[C@@H](C)C(=O)Nc2ccc(F)c([N+](=O)[O-])c2)n1C. The molecule has 0 saturated carbocycles. The van der Waals surface area contributed by atoms with Crippen molar-refractivity contribution in [2.75, 3.05) is 5.32 Å². The molecule has 1 atom stereocenters. The van der Waals surface area contributed by atoms with Gasteiger partial charge in [-0.2, -0.15) is 4.39 Å². The van der Waals surface area contributed by atoms with Crippen LogP contribution in [0.4, 0.5) is 15.8 Å². The van der Waals surface area contributed by atoms with Crippen LogP contribution in [-0.2, 0) is 11.8 Å². The third-order valence-corrected chi connectivity index (χ3v) is 5.42. The third-order valence-electron chi connectivity index (χ3n) is 4.28. The van der Waals surface area contributed by atoms with Gasteiger partial charge in [0, 0.05) is 24.4 Å². The van der Waals surface area contributed by atoms with Gasteiger partial charge in [-0.15, -0.1) is 10.2 Å². The van der Waals surface area contributed by atoms with Crippen molar-refractivity contribution in [1.29, 1.82) is 0 Å². The highest BCUT2D eigenvalue weighted by Gasteiger charge is 2.21. The molecule has 10 heteroatoms. The van der Waals surface area contributed by atoms with E-state index in [9.17, 15) is 19.3 Å². The van der Waals surface area contributed by atoms with Crippen LogP contribution in [0, 0.1) is 22.9 Å². The Hall–Kier alpha value is -3.27. The van der Waals surface area contributed by atoms with E-state index >= 15 is 0 Å². The minimum absolute atomic E-state index is 0.147. The molecule has 0 bridgehead atoms. The van der Waals surface area contributed by atoms with Gasteiger partial charge in [0.25, 0.3) is 0 Å². The van der Waals surface area contributed by atoms with E-state index in [4.69, 9.17) is 0 Å². The van der Waals surface area contributed by atoms with E-state index in [1.807, 2.05) is 38.2 Å². The van der Waals surface area contributed by atoms with E-state index in [1.54, 1.807) is 11.5 Å². The molecule has 0 aliphatic carbocycles. The van der Waals surface area contributed by atoms with Crippen LogP contribution in [0.2, 0.25) is 0 Å². The average Bonchev–Trinajstić information content (AvgIpc) is 3.03. The van der Waals surface area contributed by atoms with Gasteiger partial charge in [0.15, 0.2) is 11.0 Å². The zero-order valence-corrected chi connectivity index (χ0v) is 16.7. The van der Waals surface area contributed by atoms with Crippen LogP contribution in [-0.4, -0.2) is 30.8 Å². The summed E-state index contributed by atoms with van der Waals surface area (Å²) < 4.78 is 15.2. The predicted molar refractivity (Wildman–Crippen MR) is 108 cm³/mol. The monoisotopic (exact) mass is 415 g/mol. The number of hydrogen-bond donors (Lipinski definition) is 1. The predicted octanol–water partition coefficient (Wildman–Crippen LogP) is 3.96. The quantitative estimate of drug-likeness (QED) is 0.371. The summed E-state index contributed by atoms with van der Waals surface area (Å²) in [5, 5.41) is 21.8. The molecule has 0 saturated heterocycles. The molecule has 3 rings (SSSR count). The molecule has 3 aromatic rings. The lowest BCUT2D eigenvalue weighted by Gasteiger charge is -2.12. The number of nitrogens with zero attached hydrogens (tertiary/aromatic N) is 4. The Balaban J connectivity index is 1.73. The average molecular weight is 415 g/mol. The molecule has 0 aliphatic heterocycles. The van der Waals surface area contributed by atoms with E-state index in [1.165, 1.54) is 17.8 Å². The van der Waals surface area contributed by atoms with Gasteiger partial charge in [0.1, 0.15) is 0 Å².